The summed E-state index contributed by atoms with van der Waals surface area (Å²) in [5, 5.41) is 10.2. The van der Waals surface area contributed by atoms with E-state index in [1.165, 1.54) is 11.3 Å². The first-order valence-corrected chi connectivity index (χ1v) is 12.0. The maximum Gasteiger partial charge on any atom is 0.304 e. The maximum atomic E-state index is 13.7. The average Bonchev–Trinajstić information content (AvgIpc) is 3.32. The predicted molar refractivity (Wildman–Crippen MR) is 131 cm³/mol. The average molecular weight is 465 g/mol. The van der Waals surface area contributed by atoms with Crippen molar-refractivity contribution in [1.29, 1.82) is 0 Å². The fourth-order valence-electron chi connectivity index (χ4n) is 5.01. The standard InChI is InChI=1S/C25H28N4O3S/c1-27(2)19-14-29(15-19)18-8-9-21-20(10-18)26-24(33-21)28(3)23(32)25(13-22(30)31)11-16-6-4-5-7-17(16)12-25/h4-10,19H,11-15H2,1-3H3,(H,30,31). The number of aliphatic carboxylic acids is 1. The number of carboxylic acids is 1. The van der Waals surface area contributed by atoms with E-state index < -0.39 is 11.4 Å². The van der Waals surface area contributed by atoms with E-state index in [1.807, 2.05) is 24.3 Å². The molecule has 1 amide bonds. The third-order valence-electron chi connectivity index (χ3n) is 7.03. The number of rotatable bonds is 6. The van der Waals surface area contributed by atoms with Crippen LogP contribution < -0.4 is 9.80 Å². The summed E-state index contributed by atoms with van der Waals surface area (Å²) in [5.74, 6) is -1.14. The third kappa shape index (κ3) is 3.87. The van der Waals surface area contributed by atoms with Gasteiger partial charge in [0.2, 0.25) is 5.91 Å². The summed E-state index contributed by atoms with van der Waals surface area (Å²) < 4.78 is 1.01. The van der Waals surface area contributed by atoms with Crippen LogP contribution in [0.5, 0.6) is 0 Å². The first kappa shape index (κ1) is 21.9. The molecule has 3 aromatic rings. The number of amides is 1. The van der Waals surface area contributed by atoms with Crippen LogP contribution in [0.25, 0.3) is 10.2 Å². The van der Waals surface area contributed by atoms with E-state index in [-0.39, 0.29) is 12.3 Å². The van der Waals surface area contributed by atoms with Crippen molar-refractivity contribution in [3.05, 3.63) is 53.6 Å². The number of nitrogens with zero attached hydrogens (tertiary/aromatic N) is 4. The summed E-state index contributed by atoms with van der Waals surface area (Å²) in [5.41, 5.74) is 3.13. The molecule has 0 bridgehead atoms. The van der Waals surface area contributed by atoms with Crippen molar-refractivity contribution >= 4 is 44.2 Å². The lowest BCUT2D eigenvalue weighted by atomic mass is 9.80. The van der Waals surface area contributed by atoms with Crippen LogP contribution in [0.15, 0.2) is 42.5 Å². The van der Waals surface area contributed by atoms with Gasteiger partial charge >= 0.3 is 5.97 Å². The van der Waals surface area contributed by atoms with E-state index in [0.29, 0.717) is 24.0 Å². The molecule has 5 rings (SSSR count). The fourth-order valence-corrected chi connectivity index (χ4v) is 5.92. The third-order valence-corrected chi connectivity index (χ3v) is 8.14. The molecule has 0 radical (unpaired) electrons. The van der Waals surface area contributed by atoms with E-state index in [4.69, 9.17) is 4.98 Å². The summed E-state index contributed by atoms with van der Waals surface area (Å²) >= 11 is 1.47. The molecule has 1 fully saturated rings. The van der Waals surface area contributed by atoms with Crippen LogP contribution in [0.2, 0.25) is 0 Å². The summed E-state index contributed by atoms with van der Waals surface area (Å²) in [4.78, 5) is 36.3. The number of hydrogen-bond donors (Lipinski definition) is 1. The van der Waals surface area contributed by atoms with E-state index in [2.05, 4.69) is 42.1 Å². The lowest BCUT2D eigenvalue weighted by Gasteiger charge is -2.44. The Bertz CT molecular complexity index is 1210. The van der Waals surface area contributed by atoms with Gasteiger partial charge in [-0.15, -0.1) is 0 Å². The number of thiazole rings is 1. The molecule has 33 heavy (non-hydrogen) atoms. The number of carboxylic acid groups (broad SMARTS) is 1. The summed E-state index contributed by atoms with van der Waals surface area (Å²) in [7, 11) is 5.92. The first-order chi connectivity index (χ1) is 15.8. The maximum absolute atomic E-state index is 13.7. The molecule has 2 aliphatic rings. The van der Waals surface area contributed by atoms with Crippen LogP contribution >= 0.6 is 11.3 Å². The van der Waals surface area contributed by atoms with Gasteiger partial charge in [0, 0.05) is 31.9 Å². The molecule has 7 nitrogen and oxygen atoms in total. The minimum absolute atomic E-state index is 0.183. The molecule has 0 spiro atoms. The Kier molecular flexibility index (Phi) is 5.37. The van der Waals surface area contributed by atoms with Gasteiger partial charge < -0.3 is 14.9 Å². The van der Waals surface area contributed by atoms with E-state index >= 15 is 0 Å². The minimum atomic E-state index is -0.980. The van der Waals surface area contributed by atoms with Gasteiger partial charge in [0.1, 0.15) is 0 Å². The summed E-state index contributed by atoms with van der Waals surface area (Å²) in [6, 6.07) is 14.7. The SMILES string of the molecule is CN(C(=O)C1(CC(=O)O)Cc2ccccc2C1)c1nc2cc(N3CC(N(C)C)C3)ccc2s1. The Morgan fingerprint density at radius 2 is 1.79 bits per heavy atom. The molecular weight excluding hydrogens is 436 g/mol. The lowest BCUT2D eigenvalue weighted by molar-refractivity contribution is -0.144. The molecule has 2 aromatic carbocycles. The number of aromatic nitrogens is 1. The quantitative estimate of drug-likeness (QED) is 0.603. The molecule has 0 saturated carbocycles. The highest BCUT2D eigenvalue weighted by Crippen LogP contribution is 2.43. The number of anilines is 2. The highest BCUT2D eigenvalue weighted by atomic mass is 32.1. The topological polar surface area (TPSA) is 77.0 Å². The predicted octanol–water partition coefficient (Wildman–Crippen LogP) is 3.27. The van der Waals surface area contributed by atoms with Crippen molar-refractivity contribution in [2.45, 2.75) is 25.3 Å². The van der Waals surface area contributed by atoms with E-state index in [1.54, 1.807) is 11.9 Å². The molecule has 1 aromatic heterocycles. The first-order valence-electron chi connectivity index (χ1n) is 11.1. The Morgan fingerprint density at radius 1 is 1.12 bits per heavy atom. The lowest BCUT2D eigenvalue weighted by Crippen LogP contribution is -2.57. The van der Waals surface area contributed by atoms with Crippen LogP contribution in [-0.2, 0) is 22.4 Å². The van der Waals surface area contributed by atoms with Gasteiger partial charge in [0.05, 0.1) is 22.1 Å². The summed E-state index contributed by atoms with van der Waals surface area (Å²) in [6.07, 6.45) is 0.688. The second kappa shape index (κ2) is 8.11. The van der Waals surface area contributed by atoms with Crippen LogP contribution in [0.4, 0.5) is 10.8 Å². The molecule has 0 atom stereocenters. The largest absolute Gasteiger partial charge is 0.481 e. The Labute approximate surface area is 197 Å². The second-order valence-corrected chi connectivity index (χ2v) is 10.5. The van der Waals surface area contributed by atoms with Crippen molar-refractivity contribution in [2.24, 2.45) is 5.41 Å². The second-order valence-electron chi connectivity index (χ2n) is 9.51. The molecular formula is C25H28N4O3S. The van der Waals surface area contributed by atoms with Crippen molar-refractivity contribution in [3.8, 4) is 0 Å². The van der Waals surface area contributed by atoms with E-state index in [9.17, 15) is 14.7 Å². The Morgan fingerprint density at radius 3 is 2.39 bits per heavy atom. The van der Waals surface area contributed by atoms with Crippen LogP contribution in [0.1, 0.15) is 17.5 Å². The Hall–Kier alpha value is -2.97. The fraction of sp³-hybridized carbons (Fsp3) is 0.400. The highest BCUT2D eigenvalue weighted by Gasteiger charge is 2.47. The smallest absolute Gasteiger partial charge is 0.304 e. The van der Waals surface area contributed by atoms with Crippen molar-refractivity contribution in [3.63, 3.8) is 0 Å². The van der Waals surface area contributed by atoms with Crippen molar-refractivity contribution in [1.82, 2.24) is 9.88 Å². The van der Waals surface area contributed by atoms with Gasteiger partial charge in [-0.2, -0.15) is 0 Å². The number of carbonyl (C=O) groups excluding carboxylic acids is 1. The zero-order valence-corrected chi connectivity index (χ0v) is 19.9. The van der Waals surface area contributed by atoms with Gasteiger partial charge in [0.15, 0.2) is 5.13 Å². The van der Waals surface area contributed by atoms with E-state index in [0.717, 1.165) is 40.1 Å². The number of likely N-dealkylation sites (N-methyl/N-ethyl adjacent to an activating group) is 1. The van der Waals surface area contributed by atoms with Crippen LogP contribution in [0, 0.1) is 5.41 Å². The van der Waals surface area contributed by atoms with Crippen LogP contribution in [-0.4, -0.2) is 67.1 Å². The molecule has 1 N–H and O–H groups in total. The summed E-state index contributed by atoms with van der Waals surface area (Å²) in [6.45, 7) is 1.98. The molecule has 1 saturated heterocycles. The molecule has 8 heteroatoms. The van der Waals surface area contributed by atoms with Crippen molar-refractivity contribution in [2.75, 3.05) is 44.0 Å². The molecule has 0 unspecified atom stereocenters. The Balaban J connectivity index is 1.40. The van der Waals surface area contributed by atoms with Crippen LogP contribution in [0.3, 0.4) is 0 Å². The number of fused-ring (bicyclic) bond motifs is 2. The minimum Gasteiger partial charge on any atom is -0.481 e. The van der Waals surface area contributed by atoms with Gasteiger partial charge in [-0.25, -0.2) is 4.98 Å². The highest BCUT2D eigenvalue weighted by molar-refractivity contribution is 7.22. The number of benzene rings is 2. The van der Waals surface area contributed by atoms with Gasteiger partial charge in [-0.05, 0) is 56.3 Å². The molecule has 2 heterocycles. The normalized spacial score (nSPS) is 17.3. The van der Waals surface area contributed by atoms with Gasteiger partial charge in [0.25, 0.3) is 0 Å². The monoisotopic (exact) mass is 464 g/mol. The van der Waals surface area contributed by atoms with Gasteiger partial charge in [-0.1, -0.05) is 35.6 Å². The zero-order chi connectivity index (χ0) is 23.3. The number of hydrogen-bond acceptors (Lipinski definition) is 6. The molecule has 1 aliphatic carbocycles. The van der Waals surface area contributed by atoms with Gasteiger partial charge in [-0.3, -0.25) is 14.5 Å². The number of carbonyl (C=O) groups is 2. The zero-order valence-electron chi connectivity index (χ0n) is 19.1. The molecule has 172 valence electrons. The molecule has 1 aliphatic heterocycles. The van der Waals surface area contributed by atoms with Crippen molar-refractivity contribution < 1.29 is 14.7 Å².